The van der Waals surface area contributed by atoms with Gasteiger partial charge in [0.15, 0.2) is 5.78 Å². The van der Waals surface area contributed by atoms with Crippen LogP contribution < -0.4 is 4.74 Å². The van der Waals surface area contributed by atoms with Gasteiger partial charge in [0.2, 0.25) is 0 Å². The molecule has 1 atom stereocenters. The van der Waals surface area contributed by atoms with E-state index in [4.69, 9.17) is 4.74 Å². The third kappa shape index (κ3) is 4.08. The van der Waals surface area contributed by atoms with E-state index >= 15 is 0 Å². The smallest absolute Gasteiger partial charge is 0.167 e. The van der Waals surface area contributed by atoms with Gasteiger partial charge in [0.05, 0.1) is 7.11 Å². The molecule has 0 aromatic heterocycles. The second-order valence-corrected chi connectivity index (χ2v) is 8.29. The SMILES string of the molecule is CCN1CCC(N2CCC[C@H](C(=O)c3ccc4cc(OC)ccc4c3)C2)CC1. The molecule has 0 bridgehead atoms. The number of ketones is 1. The number of benzene rings is 2. The van der Waals surface area contributed by atoms with Gasteiger partial charge in [-0.05, 0) is 80.8 Å². The lowest BCUT2D eigenvalue weighted by atomic mass is 9.87. The van der Waals surface area contributed by atoms with Crippen molar-refractivity contribution in [3.63, 3.8) is 0 Å². The summed E-state index contributed by atoms with van der Waals surface area (Å²) in [6.45, 7) is 7.88. The van der Waals surface area contributed by atoms with Crippen LogP contribution in [0.1, 0.15) is 43.0 Å². The highest BCUT2D eigenvalue weighted by Crippen LogP contribution is 2.28. The van der Waals surface area contributed by atoms with Crippen molar-refractivity contribution in [1.82, 2.24) is 9.80 Å². The number of hydrogen-bond acceptors (Lipinski definition) is 4. The molecule has 2 aromatic carbocycles. The first-order chi connectivity index (χ1) is 13.7. The van der Waals surface area contributed by atoms with E-state index in [9.17, 15) is 4.79 Å². The Kier molecular flexibility index (Phi) is 5.98. The molecule has 4 rings (SSSR count). The standard InChI is InChI=1S/C24H32N2O2/c1-3-25-13-10-22(11-14-25)26-12-4-5-21(17-26)24(27)20-7-6-19-16-23(28-2)9-8-18(19)15-20/h6-9,15-16,21-22H,3-5,10-14,17H2,1-2H3/t21-/m0/s1. The molecule has 0 radical (unpaired) electrons. The molecule has 28 heavy (non-hydrogen) atoms. The van der Waals surface area contributed by atoms with Crippen LogP contribution in [0.4, 0.5) is 0 Å². The van der Waals surface area contributed by atoms with Crippen LogP contribution in [0, 0.1) is 5.92 Å². The number of likely N-dealkylation sites (tertiary alicyclic amines) is 2. The van der Waals surface area contributed by atoms with Gasteiger partial charge in [-0.3, -0.25) is 9.69 Å². The molecule has 2 heterocycles. The van der Waals surface area contributed by atoms with Crippen molar-refractivity contribution in [3.05, 3.63) is 42.0 Å². The fraction of sp³-hybridized carbons (Fsp3) is 0.542. The average molecular weight is 381 g/mol. The third-order valence-electron chi connectivity index (χ3n) is 6.68. The first kappa shape index (κ1) is 19.4. The van der Waals surface area contributed by atoms with Crippen LogP contribution in [0.2, 0.25) is 0 Å². The molecule has 150 valence electrons. The van der Waals surface area contributed by atoms with Crippen LogP contribution in [0.25, 0.3) is 10.8 Å². The highest BCUT2D eigenvalue weighted by Gasteiger charge is 2.31. The van der Waals surface area contributed by atoms with Crippen molar-refractivity contribution in [2.45, 2.75) is 38.6 Å². The van der Waals surface area contributed by atoms with E-state index < -0.39 is 0 Å². The molecule has 0 amide bonds. The third-order valence-corrected chi connectivity index (χ3v) is 6.68. The molecule has 2 aromatic rings. The minimum atomic E-state index is 0.133. The Morgan fingerprint density at radius 3 is 2.54 bits per heavy atom. The van der Waals surface area contributed by atoms with Crippen molar-refractivity contribution in [2.24, 2.45) is 5.92 Å². The zero-order valence-corrected chi connectivity index (χ0v) is 17.2. The summed E-state index contributed by atoms with van der Waals surface area (Å²) in [5.74, 6) is 1.30. The molecule has 2 saturated heterocycles. The van der Waals surface area contributed by atoms with Gasteiger partial charge in [-0.15, -0.1) is 0 Å². The number of rotatable bonds is 5. The van der Waals surface area contributed by atoms with E-state index in [-0.39, 0.29) is 5.92 Å². The van der Waals surface area contributed by atoms with Gasteiger partial charge < -0.3 is 9.64 Å². The summed E-state index contributed by atoms with van der Waals surface area (Å²) >= 11 is 0. The Morgan fingerprint density at radius 1 is 1.04 bits per heavy atom. The minimum absolute atomic E-state index is 0.133. The maximum atomic E-state index is 13.2. The fourth-order valence-electron chi connectivity index (χ4n) is 4.89. The molecule has 0 saturated carbocycles. The molecule has 4 nitrogen and oxygen atoms in total. The maximum Gasteiger partial charge on any atom is 0.167 e. The number of piperidine rings is 2. The monoisotopic (exact) mass is 380 g/mol. The number of carbonyl (C=O) groups excluding carboxylic acids is 1. The molecule has 0 unspecified atom stereocenters. The van der Waals surface area contributed by atoms with E-state index in [1.165, 1.54) is 25.9 Å². The topological polar surface area (TPSA) is 32.8 Å². The lowest BCUT2D eigenvalue weighted by Gasteiger charge is -2.42. The van der Waals surface area contributed by atoms with Gasteiger partial charge in [0, 0.05) is 24.1 Å². The Morgan fingerprint density at radius 2 is 1.79 bits per heavy atom. The van der Waals surface area contributed by atoms with Crippen molar-refractivity contribution in [2.75, 3.05) is 39.8 Å². The van der Waals surface area contributed by atoms with Crippen LogP contribution in [-0.2, 0) is 0 Å². The summed E-state index contributed by atoms with van der Waals surface area (Å²) in [6, 6.07) is 12.8. The maximum absolute atomic E-state index is 13.2. The highest BCUT2D eigenvalue weighted by atomic mass is 16.5. The van der Waals surface area contributed by atoms with E-state index in [2.05, 4.69) is 22.8 Å². The second kappa shape index (κ2) is 8.62. The summed E-state index contributed by atoms with van der Waals surface area (Å²) in [7, 11) is 1.68. The van der Waals surface area contributed by atoms with Crippen molar-refractivity contribution in [1.29, 1.82) is 0 Å². The predicted molar refractivity (Wildman–Crippen MR) is 114 cm³/mol. The number of ether oxygens (including phenoxy) is 1. The van der Waals surface area contributed by atoms with Crippen LogP contribution in [0.3, 0.4) is 0 Å². The predicted octanol–water partition coefficient (Wildman–Crippen LogP) is 4.23. The van der Waals surface area contributed by atoms with E-state index in [1.54, 1.807) is 7.11 Å². The van der Waals surface area contributed by atoms with Crippen LogP contribution in [0.5, 0.6) is 5.75 Å². The largest absolute Gasteiger partial charge is 0.497 e. The Hall–Kier alpha value is -1.91. The summed E-state index contributed by atoms with van der Waals surface area (Å²) in [5, 5.41) is 2.22. The average Bonchev–Trinajstić information content (AvgIpc) is 2.78. The van der Waals surface area contributed by atoms with Crippen LogP contribution >= 0.6 is 0 Å². The lowest BCUT2D eigenvalue weighted by molar-refractivity contribution is 0.0605. The fourth-order valence-corrected chi connectivity index (χ4v) is 4.89. The van der Waals surface area contributed by atoms with Crippen molar-refractivity contribution in [3.8, 4) is 5.75 Å². The lowest BCUT2D eigenvalue weighted by Crippen LogP contribution is -2.49. The number of Topliss-reactive ketones (excluding diaryl/α,β-unsaturated/α-hetero) is 1. The quantitative estimate of drug-likeness (QED) is 0.727. The first-order valence-corrected chi connectivity index (χ1v) is 10.8. The normalized spacial score (nSPS) is 22.4. The number of methoxy groups -OCH3 is 1. The van der Waals surface area contributed by atoms with Gasteiger partial charge in [0.25, 0.3) is 0 Å². The summed E-state index contributed by atoms with van der Waals surface area (Å²) in [5.41, 5.74) is 0.852. The van der Waals surface area contributed by atoms with Gasteiger partial charge in [0.1, 0.15) is 5.75 Å². The van der Waals surface area contributed by atoms with Gasteiger partial charge in [-0.2, -0.15) is 0 Å². The minimum Gasteiger partial charge on any atom is -0.497 e. The summed E-state index contributed by atoms with van der Waals surface area (Å²) < 4.78 is 5.30. The van der Waals surface area contributed by atoms with Gasteiger partial charge in [-0.1, -0.05) is 25.1 Å². The molecule has 2 aliphatic rings. The Balaban J connectivity index is 1.44. The van der Waals surface area contributed by atoms with Gasteiger partial charge in [-0.25, -0.2) is 0 Å². The molecule has 0 spiro atoms. The molecule has 2 fully saturated rings. The summed E-state index contributed by atoms with van der Waals surface area (Å²) in [6.07, 6.45) is 4.64. The van der Waals surface area contributed by atoms with E-state index in [0.717, 1.165) is 54.6 Å². The van der Waals surface area contributed by atoms with Crippen LogP contribution in [-0.4, -0.2) is 61.5 Å². The van der Waals surface area contributed by atoms with E-state index in [1.807, 2.05) is 30.3 Å². The Bertz CT molecular complexity index is 826. The second-order valence-electron chi connectivity index (χ2n) is 8.29. The van der Waals surface area contributed by atoms with Gasteiger partial charge >= 0.3 is 0 Å². The first-order valence-electron chi connectivity index (χ1n) is 10.8. The number of nitrogens with zero attached hydrogens (tertiary/aromatic N) is 2. The molecule has 0 aliphatic carbocycles. The summed E-state index contributed by atoms with van der Waals surface area (Å²) in [4.78, 5) is 18.4. The molecule has 4 heteroatoms. The molecular weight excluding hydrogens is 348 g/mol. The van der Waals surface area contributed by atoms with Crippen LogP contribution in [0.15, 0.2) is 36.4 Å². The Labute approximate surface area is 168 Å². The number of hydrogen-bond donors (Lipinski definition) is 0. The number of carbonyl (C=O) groups is 1. The highest BCUT2D eigenvalue weighted by molar-refractivity contribution is 6.01. The zero-order chi connectivity index (χ0) is 19.5. The zero-order valence-electron chi connectivity index (χ0n) is 17.2. The number of fused-ring (bicyclic) bond motifs is 1. The molecule has 0 N–H and O–H groups in total. The van der Waals surface area contributed by atoms with Crippen molar-refractivity contribution < 1.29 is 9.53 Å². The van der Waals surface area contributed by atoms with Crippen molar-refractivity contribution >= 4 is 16.6 Å². The molecule has 2 aliphatic heterocycles. The van der Waals surface area contributed by atoms with E-state index in [0.29, 0.717) is 11.8 Å². The molecular formula is C24H32N2O2.